The summed E-state index contributed by atoms with van der Waals surface area (Å²) in [5.74, 6) is -0.0579. The Morgan fingerprint density at radius 1 is 1.35 bits per heavy atom. The molecule has 0 spiro atoms. The Morgan fingerprint density at radius 3 is 2.65 bits per heavy atom. The molecule has 0 unspecified atom stereocenters. The van der Waals surface area contributed by atoms with E-state index in [1.54, 1.807) is 18.2 Å². The van der Waals surface area contributed by atoms with E-state index in [1.165, 1.54) is 7.11 Å². The first kappa shape index (κ1) is 16.2. The van der Waals surface area contributed by atoms with Gasteiger partial charge in [-0.05, 0) is 12.5 Å². The van der Waals surface area contributed by atoms with Crippen molar-refractivity contribution in [1.29, 1.82) is 0 Å². The highest BCUT2D eigenvalue weighted by atomic mass is 35.5. The van der Waals surface area contributed by atoms with Crippen LogP contribution in [0.2, 0.25) is 0 Å². The van der Waals surface area contributed by atoms with Crippen molar-refractivity contribution in [3.05, 3.63) is 29.6 Å². The van der Waals surface area contributed by atoms with E-state index < -0.39 is 0 Å². The highest BCUT2D eigenvalue weighted by molar-refractivity contribution is 5.85. The lowest BCUT2D eigenvalue weighted by Gasteiger charge is -2.14. The number of hydrogen-bond donors (Lipinski definition) is 1. The van der Waals surface area contributed by atoms with Crippen LogP contribution in [0.25, 0.3) is 0 Å². The van der Waals surface area contributed by atoms with Crippen LogP contribution in [0.5, 0.6) is 5.75 Å². The molecule has 0 aliphatic rings. The minimum absolute atomic E-state index is 0. The van der Waals surface area contributed by atoms with Gasteiger partial charge in [0.15, 0.2) is 11.6 Å². The third-order valence-electron chi connectivity index (χ3n) is 2.73. The predicted octanol–water partition coefficient (Wildman–Crippen LogP) is 3.84. The first-order valence-corrected chi connectivity index (χ1v) is 5.78. The molecular formula is C13H21ClFNO. The van der Waals surface area contributed by atoms with Gasteiger partial charge in [-0.3, -0.25) is 0 Å². The highest BCUT2D eigenvalue weighted by Gasteiger charge is 2.14. The summed E-state index contributed by atoms with van der Waals surface area (Å²) >= 11 is 0. The van der Waals surface area contributed by atoms with E-state index in [2.05, 4.69) is 6.92 Å². The molecule has 0 aromatic heterocycles. The number of unbranched alkanes of at least 4 members (excludes halogenated alkanes) is 2. The predicted molar refractivity (Wildman–Crippen MR) is 71.3 cm³/mol. The number of hydrogen-bond acceptors (Lipinski definition) is 2. The molecule has 2 N–H and O–H groups in total. The quantitative estimate of drug-likeness (QED) is 0.790. The van der Waals surface area contributed by atoms with Gasteiger partial charge < -0.3 is 10.5 Å². The third kappa shape index (κ3) is 4.52. The molecule has 1 aromatic carbocycles. The zero-order chi connectivity index (χ0) is 12.0. The summed E-state index contributed by atoms with van der Waals surface area (Å²) in [6, 6.07) is 4.88. The zero-order valence-electron chi connectivity index (χ0n) is 10.4. The first-order chi connectivity index (χ1) is 7.70. The lowest BCUT2D eigenvalue weighted by atomic mass is 10.0. The van der Waals surface area contributed by atoms with Crippen LogP contribution in [0.1, 0.15) is 44.2 Å². The molecule has 0 aliphatic carbocycles. The average molecular weight is 262 g/mol. The SMILES string of the molecule is CCCCC[C@@H](N)c1cccc(OC)c1F.Cl. The van der Waals surface area contributed by atoms with Gasteiger partial charge in [0.1, 0.15) is 0 Å². The van der Waals surface area contributed by atoms with Gasteiger partial charge >= 0.3 is 0 Å². The molecule has 17 heavy (non-hydrogen) atoms. The molecule has 0 aliphatic heterocycles. The number of nitrogens with two attached hydrogens (primary N) is 1. The molecule has 2 nitrogen and oxygen atoms in total. The Morgan fingerprint density at radius 2 is 2.06 bits per heavy atom. The molecule has 98 valence electrons. The second-order valence-corrected chi connectivity index (χ2v) is 3.97. The van der Waals surface area contributed by atoms with Crippen LogP contribution in [0.4, 0.5) is 4.39 Å². The molecule has 1 atom stereocenters. The van der Waals surface area contributed by atoms with Gasteiger partial charge in [0.05, 0.1) is 7.11 Å². The Labute approximate surface area is 109 Å². The molecule has 0 fully saturated rings. The highest BCUT2D eigenvalue weighted by Crippen LogP contribution is 2.26. The second kappa shape index (κ2) is 8.31. The monoisotopic (exact) mass is 261 g/mol. The molecule has 1 rings (SSSR count). The average Bonchev–Trinajstić information content (AvgIpc) is 2.29. The lowest BCUT2D eigenvalue weighted by molar-refractivity contribution is 0.381. The minimum Gasteiger partial charge on any atom is -0.494 e. The van der Waals surface area contributed by atoms with Crippen LogP contribution in [0.15, 0.2) is 18.2 Å². The number of ether oxygens (including phenoxy) is 1. The van der Waals surface area contributed by atoms with Gasteiger partial charge in [-0.25, -0.2) is 4.39 Å². The van der Waals surface area contributed by atoms with Gasteiger partial charge in [-0.1, -0.05) is 38.3 Å². The summed E-state index contributed by atoms with van der Waals surface area (Å²) in [5.41, 5.74) is 6.52. The van der Waals surface area contributed by atoms with Crippen LogP contribution >= 0.6 is 12.4 Å². The van der Waals surface area contributed by atoms with Gasteiger partial charge in [-0.2, -0.15) is 0 Å². The largest absolute Gasteiger partial charge is 0.494 e. The number of halogens is 2. The molecule has 0 radical (unpaired) electrons. The molecule has 1 aromatic rings. The Bertz CT molecular complexity index is 333. The van der Waals surface area contributed by atoms with Crippen molar-refractivity contribution in [2.24, 2.45) is 5.73 Å². The van der Waals surface area contributed by atoms with Gasteiger partial charge in [0.2, 0.25) is 0 Å². The van der Waals surface area contributed by atoms with E-state index in [1.807, 2.05) is 0 Å². The molecule has 4 heteroatoms. The van der Waals surface area contributed by atoms with Gasteiger partial charge in [0, 0.05) is 11.6 Å². The van der Waals surface area contributed by atoms with Crippen LogP contribution in [0.3, 0.4) is 0 Å². The molecular weight excluding hydrogens is 241 g/mol. The molecule has 0 saturated heterocycles. The number of benzene rings is 1. The Kier molecular flexibility index (Phi) is 7.92. The summed E-state index contributed by atoms with van der Waals surface area (Å²) in [6.07, 6.45) is 4.14. The zero-order valence-corrected chi connectivity index (χ0v) is 11.2. The van der Waals surface area contributed by atoms with Crippen molar-refractivity contribution >= 4 is 12.4 Å². The maximum atomic E-state index is 13.8. The standard InChI is InChI=1S/C13H20FNO.ClH/c1-3-4-5-8-11(15)10-7-6-9-12(16-2)13(10)14;/h6-7,9,11H,3-5,8,15H2,1-2H3;1H/t11-;/m1./s1. The number of methoxy groups -OCH3 is 1. The third-order valence-corrected chi connectivity index (χ3v) is 2.73. The van der Waals surface area contributed by atoms with Crippen LogP contribution in [0, 0.1) is 5.82 Å². The van der Waals surface area contributed by atoms with Crippen molar-refractivity contribution in [3.8, 4) is 5.75 Å². The normalized spacial score (nSPS) is 11.8. The van der Waals surface area contributed by atoms with Crippen molar-refractivity contribution in [1.82, 2.24) is 0 Å². The molecule has 0 heterocycles. The topological polar surface area (TPSA) is 35.2 Å². The van der Waals surface area contributed by atoms with Crippen molar-refractivity contribution < 1.29 is 9.13 Å². The Hall–Kier alpha value is -0.800. The second-order valence-electron chi connectivity index (χ2n) is 3.97. The summed E-state index contributed by atoms with van der Waals surface area (Å²) in [6.45, 7) is 2.14. The first-order valence-electron chi connectivity index (χ1n) is 5.78. The van der Waals surface area contributed by atoms with Crippen molar-refractivity contribution in [2.45, 2.75) is 38.6 Å². The lowest BCUT2D eigenvalue weighted by Crippen LogP contribution is -2.12. The van der Waals surface area contributed by atoms with Gasteiger partial charge in [0.25, 0.3) is 0 Å². The maximum Gasteiger partial charge on any atom is 0.169 e. The van der Waals surface area contributed by atoms with E-state index in [0.717, 1.165) is 25.7 Å². The van der Waals surface area contributed by atoms with E-state index >= 15 is 0 Å². The molecule has 0 bridgehead atoms. The Balaban J connectivity index is 0.00000256. The fourth-order valence-corrected chi connectivity index (χ4v) is 1.74. The molecule has 0 saturated carbocycles. The van der Waals surface area contributed by atoms with Crippen LogP contribution in [-0.2, 0) is 0 Å². The summed E-state index contributed by atoms with van der Waals surface area (Å²) in [5, 5.41) is 0. The maximum absolute atomic E-state index is 13.8. The van der Waals surface area contributed by atoms with E-state index in [-0.39, 0.29) is 30.0 Å². The van der Waals surface area contributed by atoms with E-state index in [9.17, 15) is 4.39 Å². The fraction of sp³-hybridized carbons (Fsp3) is 0.538. The van der Waals surface area contributed by atoms with E-state index in [4.69, 9.17) is 10.5 Å². The fourth-order valence-electron chi connectivity index (χ4n) is 1.74. The smallest absolute Gasteiger partial charge is 0.169 e. The van der Waals surface area contributed by atoms with Crippen LogP contribution < -0.4 is 10.5 Å². The summed E-state index contributed by atoms with van der Waals surface area (Å²) in [4.78, 5) is 0. The van der Waals surface area contributed by atoms with Crippen LogP contribution in [-0.4, -0.2) is 7.11 Å². The minimum atomic E-state index is -0.325. The summed E-state index contributed by atoms with van der Waals surface area (Å²) < 4.78 is 18.8. The van der Waals surface area contributed by atoms with E-state index in [0.29, 0.717) is 5.56 Å². The van der Waals surface area contributed by atoms with Gasteiger partial charge in [-0.15, -0.1) is 12.4 Å². The van der Waals surface area contributed by atoms with Crippen molar-refractivity contribution in [3.63, 3.8) is 0 Å². The number of rotatable bonds is 6. The van der Waals surface area contributed by atoms with Crippen molar-refractivity contribution in [2.75, 3.05) is 7.11 Å². The molecule has 0 amide bonds. The summed E-state index contributed by atoms with van der Waals surface area (Å²) in [7, 11) is 1.46.